The van der Waals surface area contributed by atoms with E-state index >= 15 is 0 Å². The number of halogens is 1. The van der Waals surface area contributed by atoms with Crippen LogP contribution in [0.15, 0.2) is 76.5 Å². The van der Waals surface area contributed by atoms with Crippen LogP contribution in [0.5, 0.6) is 11.5 Å². The van der Waals surface area contributed by atoms with Crippen molar-refractivity contribution in [2.24, 2.45) is 0 Å². The van der Waals surface area contributed by atoms with E-state index in [4.69, 9.17) is 9.47 Å². The Morgan fingerprint density at radius 3 is 2.13 bits per heavy atom. The smallest absolute Gasteiger partial charge is 0.264 e. The molecule has 3 aromatic rings. The molecule has 0 bridgehead atoms. The summed E-state index contributed by atoms with van der Waals surface area (Å²) in [6.45, 7) is 0.914. The van der Waals surface area contributed by atoms with Gasteiger partial charge in [-0.15, -0.1) is 0 Å². The average molecular weight is 576 g/mol. The lowest BCUT2D eigenvalue weighted by Gasteiger charge is -2.25. The Bertz CT molecular complexity index is 1570. The standard InChI is InChI=1S/C26H26FN3O7S2/c27-19-3-7-21(8-4-19)30(39(34,35)23-11-12-24-25(17-23)37-16-15-36-24)18-26(31)28-20-5-9-22(10-6-20)38(32,33)29-13-1-2-14-29/h3-12,17H,1-2,13-16,18H2,(H,28,31). The van der Waals surface area contributed by atoms with Crippen molar-refractivity contribution in [3.8, 4) is 11.5 Å². The highest BCUT2D eigenvalue weighted by molar-refractivity contribution is 7.92. The van der Waals surface area contributed by atoms with Gasteiger partial charge in [0.15, 0.2) is 11.5 Å². The molecular weight excluding hydrogens is 549 g/mol. The summed E-state index contributed by atoms with van der Waals surface area (Å²) in [6.07, 6.45) is 1.63. The summed E-state index contributed by atoms with van der Waals surface area (Å²) < 4.78 is 79.7. The van der Waals surface area contributed by atoms with Gasteiger partial charge in [-0.1, -0.05) is 0 Å². The van der Waals surface area contributed by atoms with Crippen LogP contribution in [-0.2, 0) is 24.8 Å². The number of nitrogens with one attached hydrogen (secondary N) is 1. The Labute approximate surface area is 226 Å². The zero-order valence-corrected chi connectivity index (χ0v) is 22.4. The molecule has 0 saturated carbocycles. The Kier molecular flexibility index (Phi) is 7.47. The van der Waals surface area contributed by atoms with Crippen LogP contribution in [-0.4, -0.2) is 59.9 Å². The molecule has 5 rings (SSSR count). The molecule has 2 aliphatic rings. The molecule has 0 aromatic heterocycles. The lowest BCUT2D eigenvalue weighted by Crippen LogP contribution is -2.38. The molecule has 1 N–H and O–H groups in total. The van der Waals surface area contributed by atoms with Crippen LogP contribution in [0.1, 0.15) is 12.8 Å². The number of fused-ring (bicyclic) bond motifs is 1. The summed E-state index contributed by atoms with van der Waals surface area (Å²) in [5.41, 5.74) is 0.365. The molecule has 1 saturated heterocycles. The number of nitrogens with zero attached hydrogens (tertiary/aromatic N) is 2. The molecule has 0 radical (unpaired) electrons. The van der Waals surface area contributed by atoms with Crippen LogP contribution in [0, 0.1) is 5.82 Å². The molecule has 0 atom stereocenters. The van der Waals surface area contributed by atoms with E-state index in [0.29, 0.717) is 25.4 Å². The highest BCUT2D eigenvalue weighted by Gasteiger charge is 2.30. The molecule has 0 spiro atoms. The zero-order valence-electron chi connectivity index (χ0n) is 20.7. The van der Waals surface area contributed by atoms with E-state index in [-0.39, 0.29) is 33.5 Å². The van der Waals surface area contributed by atoms with Crippen molar-refractivity contribution in [1.82, 2.24) is 4.31 Å². The van der Waals surface area contributed by atoms with Crippen molar-refractivity contribution in [3.63, 3.8) is 0 Å². The highest BCUT2D eigenvalue weighted by atomic mass is 32.2. The molecule has 3 aromatic carbocycles. The second-order valence-corrected chi connectivity index (χ2v) is 12.8. The van der Waals surface area contributed by atoms with Gasteiger partial charge in [0.1, 0.15) is 25.6 Å². The van der Waals surface area contributed by atoms with Crippen molar-refractivity contribution < 1.29 is 35.5 Å². The minimum atomic E-state index is -4.29. The molecule has 2 heterocycles. The summed E-state index contributed by atoms with van der Waals surface area (Å²) in [7, 11) is -7.91. The molecule has 2 aliphatic heterocycles. The number of amides is 1. The second kappa shape index (κ2) is 10.8. The first kappa shape index (κ1) is 26.9. The third kappa shape index (κ3) is 5.70. The monoisotopic (exact) mass is 575 g/mol. The number of carbonyl (C=O) groups excluding carboxylic acids is 1. The van der Waals surface area contributed by atoms with E-state index in [9.17, 15) is 26.0 Å². The number of benzene rings is 3. The number of anilines is 2. The van der Waals surface area contributed by atoms with Crippen molar-refractivity contribution in [2.45, 2.75) is 22.6 Å². The third-order valence-corrected chi connectivity index (χ3v) is 10.0. The van der Waals surface area contributed by atoms with Gasteiger partial charge in [-0.3, -0.25) is 9.10 Å². The molecule has 13 heteroatoms. The minimum absolute atomic E-state index is 0.0773. The number of sulfonamides is 2. The van der Waals surface area contributed by atoms with Gasteiger partial charge in [-0.05, 0) is 73.5 Å². The van der Waals surface area contributed by atoms with Crippen molar-refractivity contribution >= 4 is 37.3 Å². The van der Waals surface area contributed by atoms with Gasteiger partial charge >= 0.3 is 0 Å². The fourth-order valence-corrected chi connectivity index (χ4v) is 7.31. The molecule has 0 unspecified atom stereocenters. The van der Waals surface area contributed by atoms with Gasteiger partial charge in [0.05, 0.1) is 15.5 Å². The highest BCUT2D eigenvalue weighted by Crippen LogP contribution is 2.34. The van der Waals surface area contributed by atoms with Crippen LogP contribution in [0.25, 0.3) is 0 Å². The number of hydrogen-bond donors (Lipinski definition) is 1. The summed E-state index contributed by atoms with van der Waals surface area (Å²) in [4.78, 5) is 13.0. The quantitative estimate of drug-likeness (QED) is 0.438. The van der Waals surface area contributed by atoms with Crippen molar-refractivity contribution in [3.05, 3.63) is 72.5 Å². The molecule has 39 heavy (non-hydrogen) atoms. The number of ether oxygens (including phenoxy) is 2. The van der Waals surface area contributed by atoms with Crippen LogP contribution in [0.2, 0.25) is 0 Å². The Morgan fingerprint density at radius 2 is 1.46 bits per heavy atom. The summed E-state index contributed by atoms with van der Waals surface area (Å²) >= 11 is 0. The first-order chi connectivity index (χ1) is 18.6. The topological polar surface area (TPSA) is 122 Å². The third-order valence-electron chi connectivity index (χ3n) is 6.34. The van der Waals surface area contributed by atoms with E-state index in [1.165, 1.54) is 58.9 Å². The van der Waals surface area contributed by atoms with Crippen LogP contribution in [0.3, 0.4) is 0 Å². The largest absolute Gasteiger partial charge is 0.486 e. The number of hydrogen-bond acceptors (Lipinski definition) is 7. The van der Waals surface area contributed by atoms with Gasteiger partial charge < -0.3 is 14.8 Å². The zero-order chi connectivity index (χ0) is 27.6. The van der Waals surface area contributed by atoms with E-state index in [1.54, 1.807) is 0 Å². The fraction of sp³-hybridized carbons (Fsp3) is 0.269. The lowest BCUT2D eigenvalue weighted by atomic mass is 10.3. The van der Waals surface area contributed by atoms with Crippen molar-refractivity contribution in [1.29, 1.82) is 0 Å². The second-order valence-electron chi connectivity index (χ2n) is 8.98. The maximum absolute atomic E-state index is 13.7. The van der Waals surface area contributed by atoms with Gasteiger partial charge in [0.2, 0.25) is 15.9 Å². The predicted molar refractivity (Wildman–Crippen MR) is 141 cm³/mol. The lowest BCUT2D eigenvalue weighted by molar-refractivity contribution is -0.114. The fourth-order valence-electron chi connectivity index (χ4n) is 4.35. The SMILES string of the molecule is O=C(CN(c1ccc(F)cc1)S(=O)(=O)c1ccc2c(c1)OCCO2)Nc1ccc(S(=O)(=O)N2CCCC2)cc1. The maximum atomic E-state index is 13.7. The van der Waals surface area contributed by atoms with Crippen molar-refractivity contribution in [2.75, 3.05) is 42.5 Å². The first-order valence-electron chi connectivity index (χ1n) is 12.2. The number of rotatable bonds is 8. The Hall–Kier alpha value is -3.68. The molecular formula is C26H26FN3O7S2. The molecule has 1 fully saturated rings. The Balaban J connectivity index is 1.37. The minimum Gasteiger partial charge on any atom is -0.486 e. The summed E-state index contributed by atoms with van der Waals surface area (Å²) in [5.74, 6) is -0.587. The maximum Gasteiger partial charge on any atom is 0.264 e. The van der Waals surface area contributed by atoms with Gasteiger partial charge in [-0.2, -0.15) is 4.31 Å². The van der Waals surface area contributed by atoms with E-state index in [1.807, 2.05) is 0 Å². The van der Waals surface area contributed by atoms with Crippen LogP contribution >= 0.6 is 0 Å². The Morgan fingerprint density at radius 1 is 0.846 bits per heavy atom. The number of carbonyl (C=O) groups is 1. The van der Waals surface area contributed by atoms with E-state index in [0.717, 1.165) is 29.3 Å². The van der Waals surface area contributed by atoms with Gasteiger partial charge in [0, 0.05) is 24.8 Å². The average Bonchev–Trinajstić information content (AvgIpc) is 3.49. The van der Waals surface area contributed by atoms with Crippen LogP contribution in [0.4, 0.5) is 15.8 Å². The van der Waals surface area contributed by atoms with Gasteiger partial charge in [0.25, 0.3) is 10.0 Å². The molecule has 10 nitrogen and oxygen atoms in total. The molecule has 1 amide bonds. The predicted octanol–water partition coefficient (Wildman–Crippen LogP) is 3.22. The van der Waals surface area contributed by atoms with Crippen LogP contribution < -0.4 is 19.1 Å². The summed E-state index contributed by atoms with van der Waals surface area (Å²) in [6, 6.07) is 14.5. The van der Waals surface area contributed by atoms with E-state index in [2.05, 4.69) is 5.32 Å². The molecule has 0 aliphatic carbocycles. The van der Waals surface area contributed by atoms with E-state index < -0.39 is 38.3 Å². The van der Waals surface area contributed by atoms with Gasteiger partial charge in [-0.25, -0.2) is 21.2 Å². The first-order valence-corrected chi connectivity index (χ1v) is 15.1. The summed E-state index contributed by atoms with van der Waals surface area (Å²) in [5, 5.41) is 2.60. The molecule has 206 valence electrons. The normalized spacial score (nSPS) is 15.6.